The molecule has 0 radical (unpaired) electrons. The van der Waals surface area contributed by atoms with Gasteiger partial charge in [-0.05, 0) is 67.5 Å². The summed E-state index contributed by atoms with van der Waals surface area (Å²) >= 11 is 0. The lowest BCUT2D eigenvalue weighted by Crippen LogP contribution is -2.76. The van der Waals surface area contributed by atoms with Crippen molar-refractivity contribution < 1.29 is 15.3 Å². The number of nitrogens with zero attached hydrogens (tertiary/aromatic N) is 2. The fourth-order valence-electron chi connectivity index (χ4n) is 7.24. The van der Waals surface area contributed by atoms with E-state index in [0.717, 1.165) is 54.4 Å². The van der Waals surface area contributed by atoms with Crippen molar-refractivity contribution >= 4 is 11.4 Å². The Labute approximate surface area is 182 Å². The third-order valence-corrected chi connectivity index (χ3v) is 8.94. The molecule has 3 N–H and O–H groups in total. The first-order valence-electron chi connectivity index (χ1n) is 11.6. The van der Waals surface area contributed by atoms with E-state index in [0.29, 0.717) is 6.42 Å². The van der Waals surface area contributed by atoms with Crippen molar-refractivity contribution in [3.05, 3.63) is 59.2 Å². The Morgan fingerprint density at radius 1 is 1.06 bits per heavy atom. The summed E-state index contributed by atoms with van der Waals surface area (Å²) in [6.07, 6.45) is 4.92. The maximum Gasteiger partial charge on any atom is 0.132 e. The van der Waals surface area contributed by atoms with Gasteiger partial charge in [0.2, 0.25) is 0 Å². The number of phenols is 1. The van der Waals surface area contributed by atoms with Gasteiger partial charge in [0, 0.05) is 36.4 Å². The molecule has 5 nitrogen and oxygen atoms in total. The normalized spacial score (nSPS) is 38.0. The number of fused-ring (bicyclic) bond motifs is 4. The third kappa shape index (κ3) is 2.24. The lowest BCUT2D eigenvalue weighted by molar-refractivity contribution is -0.181. The summed E-state index contributed by atoms with van der Waals surface area (Å²) in [5.41, 5.74) is 1.85. The molecule has 160 valence electrons. The smallest absolute Gasteiger partial charge is 0.132 e. The molecule has 7 rings (SSSR count). The highest BCUT2D eigenvalue weighted by molar-refractivity contribution is 6.02. The highest BCUT2D eigenvalue weighted by Gasteiger charge is 2.69. The first-order valence-corrected chi connectivity index (χ1v) is 11.6. The Morgan fingerprint density at radius 3 is 2.74 bits per heavy atom. The van der Waals surface area contributed by atoms with E-state index in [1.807, 2.05) is 36.4 Å². The van der Waals surface area contributed by atoms with Crippen LogP contribution in [-0.4, -0.2) is 50.7 Å². The molecule has 5 heteroatoms. The fraction of sp³-hybridized carbons (Fsp3) is 0.500. The number of rotatable bonds is 2. The Morgan fingerprint density at radius 2 is 1.90 bits per heavy atom. The summed E-state index contributed by atoms with van der Waals surface area (Å²) in [7, 11) is 0. The number of hydrogen-bond donors (Lipinski definition) is 3. The van der Waals surface area contributed by atoms with Gasteiger partial charge in [-0.3, -0.25) is 9.89 Å². The van der Waals surface area contributed by atoms with Crippen molar-refractivity contribution in [1.29, 1.82) is 0 Å². The third-order valence-electron chi connectivity index (χ3n) is 8.94. The van der Waals surface area contributed by atoms with Gasteiger partial charge in [-0.25, -0.2) is 0 Å². The van der Waals surface area contributed by atoms with Crippen molar-refractivity contribution in [2.75, 3.05) is 13.1 Å². The second kappa shape index (κ2) is 5.77. The summed E-state index contributed by atoms with van der Waals surface area (Å²) in [4.78, 5) is 7.36. The van der Waals surface area contributed by atoms with E-state index in [-0.39, 0.29) is 18.2 Å². The number of piperidine rings is 1. The number of hydrogen-bond acceptors (Lipinski definition) is 5. The quantitative estimate of drug-likeness (QED) is 0.703. The average Bonchev–Trinajstić information content (AvgIpc) is 3.51. The van der Waals surface area contributed by atoms with E-state index in [1.54, 1.807) is 6.07 Å². The van der Waals surface area contributed by atoms with Crippen LogP contribution in [0.4, 0.5) is 5.69 Å². The van der Waals surface area contributed by atoms with E-state index in [4.69, 9.17) is 4.99 Å². The molecule has 2 bridgehead atoms. The lowest BCUT2D eigenvalue weighted by atomic mass is 9.46. The van der Waals surface area contributed by atoms with Crippen LogP contribution in [0.25, 0.3) is 0 Å². The molecule has 2 aliphatic heterocycles. The van der Waals surface area contributed by atoms with Crippen LogP contribution < -0.4 is 0 Å². The van der Waals surface area contributed by atoms with Crippen molar-refractivity contribution in [3.8, 4) is 5.75 Å². The van der Waals surface area contributed by atoms with Gasteiger partial charge < -0.3 is 15.3 Å². The van der Waals surface area contributed by atoms with Gasteiger partial charge in [0.15, 0.2) is 0 Å². The van der Waals surface area contributed by atoms with Crippen LogP contribution in [0, 0.1) is 5.92 Å². The predicted molar refractivity (Wildman–Crippen MR) is 118 cm³/mol. The number of aromatic hydroxyl groups is 1. The van der Waals surface area contributed by atoms with E-state index >= 15 is 0 Å². The van der Waals surface area contributed by atoms with Crippen LogP contribution in [0.5, 0.6) is 5.75 Å². The van der Waals surface area contributed by atoms with Crippen LogP contribution in [0.1, 0.15) is 48.8 Å². The van der Waals surface area contributed by atoms with Crippen LogP contribution >= 0.6 is 0 Å². The molecule has 2 saturated carbocycles. The van der Waals surface area contributed by atoms with E-state index in [1.165, 1.54) is 18.4 Å². The second-order valence-corrected chi connectivity index (χ2v) is 10.5. The molecule has 3 fully saturated rings. The number of para-hydroxylation sites is 1. The summed E-state index contributed by atoms with van der Waals surface area (Å²) in [6.45, 7) is 1.98. The highest BCUT2D eigenvalue weighted by Crippen LogP contribution is 2.63. The number of phenolic OH excluding ortho intramolecular Hbond substituents is 1. The molecule has 2 heterocycles. The van der Waals surface area contributed by atoms with Gasteiger partial charge in [-0.1, -0.05) is 24.3 Å². The lowest BCUT2D eigenvalue weighted by Gasteiger charge is -2.65. The van der Waals surface area contributed by atoms with Crippen LogP contribution in [0.3, 0.4) is 0 Å². The molecular weight excluding hydrogens is 388 g/mol. The first-order chi connectivity index (χ1) is 14.9. The van der Waals surface area contributed by atoms with Gasteiger partial charge >= 0.3 is 0 Å². The van der Waals surface area contributed by atoms with Gasteiger partial charge in [0.1, 0.15) is 11.4 Å². The van der Waals surface area contributed by atoms with E-state index in [2.05, 4.69) is 4.90 Å². The van der Waals surface area contributed by atoms with Crippen LogP contribution in [-0.2, 0) is 17.4 Å². The Hall–Kier alpha value is -2.21. The maximum absolute atomic E-state index is 12.6. The average molecular weight is 417 g/mol. The zero-order valence-corrected chi connectivity index (χ0v) is 17.6. The SMILES string of the molecule is Oc1ccc2c(c1)[C@]13CCN(CC4CC4)[C@H](C2)[C@]1(O)CC1(O)C(=Nc2ccccc21)C3. The summed E-state index contributed by atoms with van der Waals surface area (Å²) < 4.78 is 0. The van der Waals surface area contributed by atoms with Crippen LogP contribution in [0.2, 0.25) is 0 Å². The largest absolute Gasteiger partial charge is 0.508 e. The molecule has 4 atom stereocenters. The minimum atomic E-state index is -1.22. The van der Waals surface area contributed by atoms with E-state index < -0.39 is 16.6 Å². The number of likely N-dealkylation sites (tertiary alicyclic amines) is 1. The van der Waals surface area contributed by atoms with E-state index in [9.17, 15) is 15.3 Å². The van der Waals surface area contributed by atoms with Gasteiger partial charge in [0.25, 0.3) is 0 Å². The summed E-state index contributed by atoms with van der Waals surface area (Å²) in [6, 6.07) is 13.4. The Kier molecular flexibility index (Phi) is 3.42. The fourth-order valence-corrected chi connectivity index (χ4v) is 7.24. The molecule has 2 aromatic carbocycles. The molecule has 0 aromatic heterocycles. The van der Waals surface area contributed by atoms with Crippen molar-refractivity contribution in [1.82, 2.24) is 4.90 Å². The summed E-state index contributed by atoms with van der Waals surface area (Å²) in [5, 5.41) is 34.9. The minimum Gasteiger partial charge on any atom is -0.508 e. The Balaban J connectivity index is 1.43. The van der Waals surface area contributed by atoms with Gasteiger partial charge in [-0.15, -0.1) is 0 Å². The molecule has 0 amide bonds. The molecular formula is C26H28N2O3. The predicted octanol–water partition coefficient (Wildman–Crippen LogP) is 3.17. The minimum absolute atomic E-state index is 0.0303. The topological polar surface area (TPSA) is 76.3 Å². The van der Waals surface area contributed by atoms with Crippen molar-refractivity contribution in [2.24, 2.45) is 10.9 Å². The molecule has 5 aliphatic rings. The summed E-state index contributed by atoms with van der Waals surface area (Å²) in [5.74, 6) is 0.986. The zero-order valence-electron chi connectivity index (χ0n) is 17.6. The first kappa shape index (κ1) is 18.4. The Bertz CT molecular complexity index is 1140. The molecule has 3 aliphatic carbocycles. The standard InChI is InChI=1S/C26H28N2O3/c29-18-8-7-17-11-23-26(31)15-25(30)19-3-1-2-4-21(19)27-22(25)13-24(26,20(17)12-18)9-10-28(23)14-16-5-6-16/h1-4,7-8,12,16,23,29-31H,5-6,9-11,13-15H2/t23-,24-,25?,26-/m1/s1. The molecule has 0 spiro atoms. The van der Waals surface area contributed by atoms with Gasteiger partial charge in [0.05, 0.1) is 17.0 Å². The number of aliphatic hydroxyl groups is 2. The van der Waals surface area contributed by atoms with Crippen molar-refractivity contribution in [2.45, 2.75) is 61.2 Å². The number of benzene rings is 2. The van der Waals surface area contributed by atoms with Gasteiger partial charge in [-0.2, -0.15) is 0 Å². The monoisotopic (exact) mass is 416 g/mol. The molecule has 1 unspecified atom stereocenters. The molecule has 31 heavy (non-hydrogen) atoms. The maximum atomic E-state index is 12.6. The molecule has 1 saturated heterocycles. The van der Waals surface area contributed by atoms with Crippen molar-refractivity contribution in [3.63, 3.8) is 0 Å². The zero-order chi connectivity index (χ0) is 21.0. The number of aliphatic imine (C=N–C) groups is 1. The molecule has 2 aromatic rings. The second-order valence-electron chi connectivity index (χ2n) is 10.5. The van der Waals surface area contributed by atoms with Crippen LogP contribution in [0.15, 0.2) is 47.5 Å². The highest BCUT2D eigenvalue weighted by atomic mass is 16.3.